The summed E-state index contributed by atoms with van der Waals surface area (Å²) in [6.07, 6.45) is 0. The largest absolute Gasteiger partial charge is 0.350 e. The van der Waals surface area contributed by atoms with Crippen molar-refractivity contribution >= 4 is 5.91 Å². The van der Waals surface area contributed by atoms with E-state index in [4.69, 9.17) is 0 Å². The van der Waals surface area contributed by atoms with Gasteiger partial charge in [-0.15, -0.1) is 0 Å². The molecule has 3 nitrogen and oxygen atoms in total. The van der Waals surface area contributed by atoms with Crippen molar-refractivity contribution in [1.29, 1.82) is 0 Å². The van der Waals surface area contributed by atoms with E-state index < -0.39 is 0 Å². The van der Waals surface area contributed by atoms with E-state index in [0.717, 1.165) is 23.5 Å². The Labute approximate surface area is 133 Å². The average molecular weight is 298 g/mol. The maximum atomic E-state index is 12.5. The van der Waals surface area contributed by atoms with Gasteiger partial charge in [-0.2, -0.15) is 0 Å². The van der Waals surface area contributed by atoms with Crippen LogP contribution < -0.4 is 5.32 Å². The second kappa shape index (κ2) is 6.82. The topological polar surface area (TPSA) is 34.0 Å². The summed E-state index contributed by atoms with van der Waals surface area (Å²) in [5.41, 5.74) is 5.39. The molecule has 0 fully saturated rings. The maximum Gasteiger partial charge on any atom is 0.268 e. The number of hydrogen-bond acceptors (Lipinski definition) is 1. The van der Waals surface area contributed by atoms with Crippen molar-refractivity contribution in [3.05, 3.63) is 58.4 Å². The van der Waals surface area contributed by atoms with Crippen LogP contribution in [-0.2, 0) is 6.54 Å². The molecule has 0 aliphatic carbocycles. The number of benzene rings is 1. The van der Waals surface area contributed by atoms with Crippen LogP contribution in [0.2, 0.25) is 0 Å². The zero-order valence-corrected chi connectivity index (χ0v) is 14.2. The smallest absolute Gasteiger partial charge is 0.268 e. The van der Waals surface area contributed by atoms with E-state index in [0.29, 0.717) is 12.5 Å². The summed E-state index contributed by atoms with van der Waals surface area (Å²) in [5.74, 6) is 0.470. The number of rotatable bonds is 5. The number of aryl methyl sites for hydroxylation is 3. The van der Waals surface area contributed by atoms with Gasteiger partial charge in [-0.05, 0) is 43.9 Å². The lowest BCUT2D eigenvalue weighted by Gasteiger charge is -2.14. The number of amides is 1. The minimum Gasteiger partial charge on any atom is -0.350 e. The molecule has 1 heterocycles. The Morgan fingerprint density at radius 2 is 1.77 bits per heavy atom. The van der Waals surface area contributed by atoms with Gasteiger partial charge >= 0.3 is 0 Å². The van der Waals surface area contributed by atoms with Gasteiger partial charge in [-0.25, -0.2) is 0 Å². The number of carbonyl (C=O) groups excluding carboxylic acids is 1. The van der Waals surface area contributed by atoms with Gasteiger partial charge in [0.15, 0.2) is 0 Å². The highest BCUT2D eigenvalue weighted by Crippen LogP contribution is 2.17. The van der Waals surface area contributed by atoms with Crippen LogP contribution in [0.1, 0.15) is 46.7 Å². The van der Waals surface area contributed by atoms with Gasteiger partial charge in [0, 0.05) is 18.8 Å². The molecular formula is C19H26N2O. The molecule has 3 heteroatoms. The molecule has 118 valence electrons. The van der Waals surface area contributed by atoms with E-state index in [9.17, 15) is 4.79 Å². The molecule has 1 N–H and O–H groups in total. The Balaban J connectivity index is 2.27. The van der Waals surface area contributed by atoms with Crippen LogP contribution in [0.15, 0.2) is 30.3 Å². The summed E-state index contributed by atoms with van der Waals surface area (Å²) in [6, 6.07) is 10.6. The molecule has 0 saturated carbocycles. The molecular weight excluding hydrogens is 272 g/mol. The second-order valence-electron chi connectivity index (χ2n) is 6.49. The first-order chi connectivity index (χ1) is 10.4. The zero-order valence-electron chi connectivity index (χ0n) is 14.2. The second-order valence-corrected chi connectivity index (χ2v) is 6.49. The van der Waals surface area contributed by atoms with Gasteiger partial charge in [-0.1, -0.05) is 43.7 Å². The number of nitrogens with zero attached hydrogens (tertiary/aromatic N) is 1. The summed E-state index contributed by atoms with van der Waals surface area (Å²) < 4.78 is 2.11. The third-order valence-corrected chi connectivity index (χ3v) is 3.84. The fraction of sp³-hybridized carbons (Fsp3) is 0.421. The third-order valence-electron chi connectivity index (χ3n) is 3.84. The summed E-state index contributed by atoms with van der Waals surface area (Å²) in [6.45, 7) is 11.8. The van der Waals surface area contributed by atoms with Gasteiger partial charge < -0.3 is 9.88 Å². The first kappa shape index (κ1) is 16.3. The summed E-state index contributed by atoms with van der Waals surface area (Å²) >= 11 is 0. The molecule has 1 amide bonds. The van der Waals surface area contributed by atoms with Gasteiger partial charge in [0.1, 0.15) is 5.69 Å². The summed E-state index contributed by atoms with van der Waals surface area (Å²) in [7, 11) is 0. The molecule has 22 heavy (non-hydrogen) atoms. The van der Waals surface area contributed by atoms with Crippen molar-refractivity contribution in [3.8, 4) is 0 Å². The minimum atomic E-state index is 0.0198. The molecule has 0 spiro atoms. The Bertz CT molecular complexity index is 651. The van der Waals surface area contributed by atoms with Gasteiger partial charge in [-0.3, -0.25) is 4.79 Å². The molecule has 1 aromatic carbocycles. The van der Waals surface area contributed by atoms with E-state index in [1.807, 2.05) is 6.92 Å². The van der Waals surface area contributed by atoms with E-state index in [2.05, 4.69) is 67.9 Å². The highest BCUT2D eigenvalue weighted by Gasteiger charge is 2.17. The Morgan fingerprint density at radius 3 is 2.36 bits per heavy atom. The van der Waals surface area contributed by atoms with Crippen molar-refractivity contribution in [1.82, 2.24) is 9.88 Å². The van der Waals surface area contributed by atoms with E-state index >= 15 is 0 Å². The number of carbonyl (C=O) groups is 1. The Hall–Kier alpha value is -2.03. The monoisotopic (exact) mass is 298 g/mol. The molecule has 0 aliphatic heterocycles. The SMILES string of the molecule is Cc1ccc(Cn2c(C)cc(C)c2C(=O)NCC(C)C)cc1. The quantitative estimate of drug-likeness (QED) is 0.894. The van der Waals surface area contributed by atoms with E-state index in [1.165, 1.54) is 11.1 Å². The Morgan fingerprint density at radius 1 is 1.14 bits per heavy atom. The molecule has 2 rings (SSSR count). The number of aromatic nitrogens is 1. The molecule has 0 aliphatic rings. The van der Waals surface area contributed by atoms with Crippen LogP contribution in [0.25, 0.3) is 0 Å². The fourth-order valence-electron chi connectivity index (χ4n) is 2.61. The van der Waals surface area contributed by atoms with Crippen molar-refractivity contribution in [2.24, 2.45) is 5.92 Å². The molecule has 0 unspecified atom stereocenters. The van der Waals surface area contributed by atoms with Crippen LogP contribution >= 0.6 is 0 Å². The Kier molecular flexibility index (Phi) is 5.07. The minimum absolute atomic E-state index is 0.0198. The third kappa shape index (κ3) is 3.79. The molecule has 0 atom stereocenters. The van der Waals surface area contributed by atoms with E-state index in [-0.39, 0.29) is 5.91 Å². The van der Waals surface area contributed by atoms with Crippen LogP contribution in [0.4, 0.5) is 0 Å². The lowest BCUT2D eigenvalue weighted by Crippen LogP contribution is -2.30. The average Bonchev–Trinajstić information content (AvgIpc) is 2.73. The molecule has 0 bridgehead atoms. The summed E-state index contributed by atoms with van der Waals surface area (Å²) in [4.78, 5) is 12.5. The van der Waals surface area contributed by atoms with Crippen LogP contribution in [0.3, 0.4) is 0 Å². The number of hydrogen-bond donors (Lipinski definition) is 1. The van der Waals surface area contributed by atoms with E-state index in [1.54, 1.807) is 0 Å². The van der Waals surface area contributed by atoms with Gasteiger partial charge in [0.05, 0.1) is 0 Å². The van der Waals surface area contributed by atoms with Crippen molar-refractivity contribution < 1.29 is 4.79 Å². The lowest BCUT2D eigenvalue weighted by molar-refractivity contribution is 0.0939. The lowest BCUT2D eigenvalue weighted by atomic mass is 10.1. The highest BCUT2D eigenvalue weighted by atomic mass is 16.1. The van der Waals surface area contributed by atoms with Crippen LogP contribution in [0, 0.1) is 26.7 Å². The standard InChI is InChI=1S/C19H26N2O/c1-13(2)11-20-19(22)18-15(4)10-16(5)21(18)12-17-8-6-14(3)7-9-17/h6-10,13H,11-12H2,1-5H3,(H,20,22). The van der Waals surface area contributed by atoms with Crippen molar-refractivity contribution in [2.45, 2.75) is 41.2 Å². The summed E-state index contributed by atoms with van der Waals surface area (Å²) in [5, 5.41) is 3.03. The molecule has 0 radical (unpaired) electrons. The molecule has 0 saturated heterocycles. The predicted molar refractivity (Wildman–Crippen MR) is 91.4 cm³/mol. The van der Waals surface area contributed by atoms with Crippen molar-refractivity contribution in [2.75, 3.05) is 6.54 Å². The van der Waals surface area contributed by atoms with Crippen molar-refractivity contribution in [3.63, 3.8) is 0 Å². The van der Waals surface area contributed by atoms with Gasteiger partial charge in [0.2, 0.25) is 0 Å². The molecule has 1 aromatic heterocycles. The maximum absolute atomic E-state index is 12.5. The first-order valence-corrected chi connectivity index (χ1v) is 7.89. The molecule has 2 aromatic rings. The fourth-order valence-corrected chi connectivity index (χ4v) is 2.61. The zero-order chi connectivity index (χ0) is 16.3. The van der Waals surface area contributed by atoms with Crippen LogP contribution in [0.5, 0.6) is 0 Å². The predicted octanol–water partition coefficient (Wildman–Crippen LogP) is 3.85. The van der Waals surface area contributed by atoms with Crippen LogP contribution in [-0.4, -0.2) is 17.0 Å². The highest BCUT2D eigenvalue weighted by molar-refractivity contribution is 5.94. The normalized spacial score (nSPS) is 11.0. The number of nitrogens with one attached hydrogen (secondary N) is 1. The van der Waals surface area contributed by atoms with Gasteiger partial charge in [0.25, 0.3) is 5.91 Å². The first-order valence-electron chi connectivity index (χ1n) is 7.89.